The molecule has 0 heterocycles. The molecule has 10 heteroatoms. The molecule has 0 bridgehead atoms. The normalized spacial score (nSPS) is 13.6. The van der Waals surface area contributed by atoms with Gasteiger partial charge in [0.1, 0.15) is 0 Å². The van der Waals surface area contributed by atoms with E-state index in [-0.39, 0.29) is 18.2 Å². The van der Waals surface area contributed by atoms with E-state index in [0.29, 0.717) is 6.26 Å². The number of hydrogen-bond acceptors (Lipinski definition) is 3. The average molecular weight is 322 g/mol. The van der Waals surface area contributed by atoms with E-state index in [1.165, 1.54) is 0 Å². The third-order valence-corrected chi connectivity index (χ3v) is 2.71. The highest BCUT2D eigenvalue weighted by molar-refractivity contribution is 7.85. The molecule has 20 heavy (non-hydrogen) atoms. The lowest BCUT2D eigenvalue weighted by atomic mass is 10.0. The van der Waals surface area contributed by atoms with Gasteiger partial charge < -0.3 is 0 Å². The summed E-state index contributed by atoms with van der Waals surface area (Å²) in [6, 6.07) is 0.727. The van der Waals surface area contributed by atoms with Crippen molar-refractivity contribution in [1.29, 1.82) is 0 Å². The summed E-state index contributed by atoms with van der Waals surface area (Å²) in [4.78, 5) is 0. The third-order valence-electron chi connectivity index (χ3n) is 2.17. The predicted molar refractivity (Wildman–Crippen MR) is 56.1 cm³/mol. The maximum atomic E-state index is 12.6. The first kappa shape index (κ1) is 16.8. The summed E-state index contributed by atoms with van der Waals surface area (Å²) in [5.74, 6) is 0. The van der Waals surface area contributed by atoms with Crippen LogP contribution in [0.1, 0.15) is 16.7 Å². The van der Waals surface area contributed by atoms with Crippen molar-refractivity contribution in [3.63, 3.8) is 0 Å². The molecule has 0 radical (unpaired) electrons. The molecule has 0 unspecified atom stereocenters. The van der Waals surface area contributed by atoms with Gasteiger partial charge in [-0.25, -0.2) is 0 Å². The van der Waals surface area contributed by atoms with Gasteiger partial charge in [-0.1, -0.05) is 0 Å². The van der Waals surface area contributed by atoms with Crippen LogP contribution in [-0.4, -0.2) is 14.7 Å². The fourth-order valence-corrected chi connectivity index (χ4v) is 1.68. The summed E-state index contributed by atoms with van der Waals surface area (Å²) in [5.41, 5.74) is -3.61. The summed E-state index contributed by atoms with van der Waals surface area (Å²) in [5, 5.41) is 0. The van der Waals surface area contributed by atoms with Crippen molar-refractivity contribution in [3.8, 4) is 0 Å². The van der Waals surface area contributed by atoms with Gasteiger partial charge in [-0.05, 0) is 23.8 Å². The summed E-state index contributed by atoms with van der Waals surface area (Å²) in [7, 11) is -4.08. The van der Waals surface area contributed by atoms with Crippen LogP contribution in [0.2, 0.25) is 0 Å². The Labute approximate surface area is 110 Å². The zero-order valence-electron chi connectivity index (χ0n) is 9.84. The molecule has 0 aliphatic heterocycles. The number of alkyl halides is 6. The van der Waals surface area contributed by atoms with Crippen LogP contribution in [0, 0.1) is 0 Å². The minimum atomic E-state index is -4.92. The van der Waals surface area contributed by atoms with Gasteiger partial charge in [-0.15, -0.1) is 0 Å². The summed E-state index contributed by atoms with van der Waals surface area (Å²) >= 11 is 0. The van der Waals surface area contributed by atoms with Crippen molar-refractivity contribution >= 4 is 10.1 Å². The zero-order chi connectivity index (χ0) is 15.8. The second kappa shape index (κ2) is 5.24. The fraction of sp³-hybridized carbons (Fsp3) is 0.400. The van der Waals surface area contributed by atoms with Crippen molar-refractivity contribution in [2.24, 2.45) is 0 Å². The smallest absolute Gasteiger partial charge is 0.265 e. The van der Waals surface area contributed by atoms with Crippen molar-refractivity contribution in [2.75, 3.05) is 6.26 Å². The Morgan fingerprint density at radius 1 is 1.05 bits per heavy atom. The summed E-state index contributed by atoms with van der Waals surface area (Å²) in [6.45, 7) is -1.13. The van der Waals surface area contributed by atoms with E-state index in [4.69, 9.17) is 0 Å². The molecular weight excluding hydrogens is 314 g/mol. The molecule has 1 aromatic carbocycles. The standard InChI is InChI=1S/C10H8F6O3S/c1-20(17,18)19-5-6-4-7(9(11,12)13)2-3-8(6)10(14,15)16/h2-4H,5H2,1H3. The van der Waals surface area contributed by atoms with Gasteiger partial charge in [-0.2, -0.15) is 34.8 Å². The Morgan fingerprint density at radius 2 is 1.60 bits per heavy atom. The molecule has 0 amide bonds. The van der Waals surface area contributed by atoms with Crippen LogP contribution in [0.4, 0.5) is 26.3 Å². The molecule has 0 aliphatic rings. The van der Waals surface area contributed by atoms with E-state index in [9.17, 15) is 34.8 Å². The van der Waals surface area contributed by atoms with E-state index in [0.717, 1.165) is 0 Å². The first-order valence-electron chi connectivity index (χ1n) is 4.92. The molecule has 0 spiro atoms. The lowest BCUT2D eigenvalue weighted by Gasteiger charge is -2.15. The molecule has 0 atom stereocenters. The monoisotopic (exact) mass is 322 g/mol. The maximum Gasteiger partial charge on any atom is 0.416 e. The Morgan fingerprint density at radius 3 is 2.00 bits per heavy atom. The van der Waals surface area contributed by atoms with Gasteiger partial charge in [0.25, 0.3) is 10.1 Å². The number of hydrogen-bond donors (Lipinski definition) is 0. The molecule has 0 N–H and O–H groups in total. The van der Waals surface area contributed by atoms with E-state index in [1.807, 2.05) is 0 Å². The van der Waals surface area contributed by atoms with E-state index < -0.39 is 45.8 Å². The van der Waals surface area contributed by atoms with Gasteiger partial charge >= 0.3 is 12.4 Å². The van der Waals surface area contributed by atoms with Crippen LogP contribution in [0.5, 0.6) is 0 Å². The van der Waals surface area contributed by atoms with Crippen LogP contribution < -0.4 is 0 Å². The highest BCUT2D eigenvalue weighted by atomic mass is 32.2. The van der Waals surface area contributed by atoms with Gasteiger partial charge in [0, 0.05) is 0 Å². The highest BCUT2D eigenvalue weighted by Crippen LogP contribution is 2.36. The zero-order valence-corrected chi connectivity index (χ0v) is 10.7. The molecule has 114 valence electrons. The van der Waals surface area contributed by atoms with Crippen LogP contribution in [0.15, 0.2) is 18.2 Å². The van der Waals surface area contributed by atoms with E-state index in [2.05, 4.69) is 4.18 Å². The van der Waals surface area contributed by atoms with Gasteiger partial charge in [0.15, 0.2) is 0 Å². The predicted octanol–water partition coefficient (Wildman–Crippen LogP) is 3.20. The summed E-state index contributed by atoms with van der Waals surface area (Å²) < 4.78 is 101. The van der Waals surface area contributed by atoms with Crippen LogP contribution in [0.3, 0.4) is 0 Å². The van der Waals surface area contributed by atoms with Crippen molar-refractivity contribution < 1.29 is 38.9 Å². The minimum absolute atomic E-state index is 0.216. The third kappa shape index (κ3) is 4.67. The first-order valence-corrected chi connectivity index (χ1v) is 6.74. The highest BCUT2D eigenvalue weighted by Gasteiger charge is 2.37. The molecule has 0 fully saturated rings. The van der Waals surface area contributed by atoms with E-state index in [1.54, 1.807) is 0 Å². The largest absolute Gasteiger partial charge is 0.416 e. The SMILES string of the molecule is CS(=O)(=O)OCc1cc(C(F)(F)F)ccc1C(F)(F)F. The van der Waals surface area contributed by atoms with Crippen molar-refractivity contribution in [2.45, 2.75) is 19.0 Å². The topological polar surface area (TPSA) is 43.4 Å². The minimum Gasteiger partial charge on any atom is -0.265 e. The van der Waals surface area contributed by atoms with Crippen LogP contribution >= 0.6 is 0 Å². The van der Waals surface area contributed by atoms with E-state index >= 15 is 0 Å². The van der Waals surface area contributed by atoms with Gasteiger partial charge in [0.2, 0.25) is 0 Å². The van der Waals surface area contributed by atoms with Gasteiger partial charge in [0.05, 0.1) is 24.0 Å². The average Bonchev–Trinajstić information content (AvgIpc) is 2.22. The maximum absolute atomic E-state index is 12.6. The molecule has 0 saturated heterocycles. The van der Waals surface area contributed by atoms with Crippen LogP contribution in [0.25, 0.3) is 0 Å². The Hall–Kier alpha value is -1.29. The second-order valence-electron chi connectivity index (χ2n) is 3.83. The Bertz CT molecular complexity index is 588. The molecule has 1 rings (SSSR count). The number of benzene rings is 1. The molecule has 0 saturated carbocycles. The Balaban J connectivity index is 3.27. The quantitative estimate of drug-likeness (QED) is 0.634. The summed E-state index contributed by atoms with van der Waals surface area (Å²) in [6.07, 6.45) is -9.18. The molecule has 0 aliphatic carbocycles. The van der Waals surface area contributed by atoms with Crippen molar-refractivity contribution in [1.82, 2.24) is 0 Å². The molecule has 3 nitrogen and oxygen atoms in total. The first-order chi connectivity index (χ1) is 8.81. The molecule has 0 aromatic heterocycles. The Kier molecular flexibility index (Phi) is 4.39. The number of halogens is 6. The van der Waals surface area contributed by atoms with Crippen LogP contribution in [-0.2, 0) is 33.3 Å². The number of rotatable bonds is 3. The molecule has 1 aromatic rings. The van der Waals surface area contributed by atoms with Crippen molar-refractivity contribution in [3.05, 3.63) is 34.9 Å². The lowest BCUT2D eigenvalue weighted by molar-refractivity contribution is -0.142. The lowest BCUT2D eigenvalue weighted by Crippen LogP contribution is -2.14. The molecular formula is C10H8F6O3S. The fourth-order valence-electron chi connectivity index (χ4n) is 1.34. The second-order valence-corrected chi connectivity index (χ2v) is 5.48. The van der Waals surface area contributed by atoms with Gasteiger partial charge in [-0.3, -0.25) is 4.18 Å².